The molecule has 0 bridgehead atoms. The Morgan fingerprint density at radius 3 is 2.42 bits per heavy atom. The molecule has 0 saturated heterocycles. The molecule has 0 aliphatic carbocycles. The number of H-pyrrole nitrogens is 1. The van der Waals surface area contributed by atoms with Gasteiger partial charge in [0.1, 0.15) is 0 Å². The smallest absolute Gasteiger partial charge is 0.339 e. The molecule has 3 rings (SSSR count). The van der Waals surface area contributed by atoms with Crippen LogP contribution in [0.2, 0.25) is 0 Å². The van der Waals surface area contributed by atoms with Crippen molar-refractivity contribution < 1.29 is 14.3 Å². The molecule has 1 aromatic heterocycles. The Labute approximate surface area is 140 Å². The lowest BCUT2D eigenvalue weighted by Gasteiger charge is -2.10. The van der Waals surface area contributed by atoms with Gasteiger partial charge in [-0.3, -0.25) is 4.79 Å². The molecule has 0 aliphatic rings. The summed E-state index contributed by atoms with van der Waals surface area (Å²) in [6, 6.07) is 11.4. The summed E-state index contributed by atoms with van der Waals surface area (Å²) >= 11 is 0. The highest BCUT2D eigenvalue weighted by molar-refractivity contribution is 6.09. The average Bonchev–Trinajstić information content (AvgIpc) is 2.95. The van der Waals surface area contributed by atoms with Crippen molar-refractivity contribution in [2.75, 3.05) is 6.61 Å². The fourth-order valence-electron chi connectivity index (χ4n) is 3.09. The van der Waals surface area contributed by atoms with Crippen molar-refractivity contribution in [2.45, 2.75) is 20.8 Å². The van der Waals surface area contributed by atoms with Crippen molar-refractivity contribution in [3.8, 4) is 0 Å². The minimum Gasteiger partial charge on any atom is -0.454 e. The van der Waals surface area contributed by atoms with E-state index >= 15 is 0 Å². The first-order valence-electron chi connectivity index (χ1n) is 7.81. The van der Waals surface area contributed by atoms with E-state index in [2.05, 4.69) is 4.98 Å². The Morgan fingerprint density at radius 2 is 1.71 bits per heavy atom. The van der Waals surface area contributed by atoms with Crippen molar-refractivity contribution in [1.29, 1.82) is 0 Å². The number of aromatic nitrogens is 1. The van der Waals surface area contributed by atoms with Gasteiger partial charge in [0.05, 0.1) is 5.56 Å². The molecular formula is C20H19NO3. The van der Waals surface area contributed by atoms with E-state index in [4.69, 9.17) is 4.74 Å². The first kappa shape index (κ1) is 16.0. The van der Waals surface area contributed by atoms with E-state index in [1.165, 1.54) is 0 Å². The van der Waals surface area contributed by atoms with Gasteiger partial charge in [-0.2, -0.15) is 0 Å². The van der Waals surface area contributed by atoms with Gasteiger partial charge in [-0.25, -0.2) is 4.79 Å². The van der Waals surface area contributed by atoms with Crippen molar-refractivity contribution in [3.63, 3.8) is 0 Å². The van der Waals surface area contributed by atoms with Crippen LogP contribution in [0.15, 0.2) is 42.6 Å². The molecular weight excluding hydrogens is 302 g/mol. The SMILES string of the molecule is Cc1cc(C)c(C(=O)OCC(=O)c2c[nH]c3ccccc23)c(C)c1. The fraction of sp³-hybridized carbons (Fsp3) is 0.200. The molecule has 3 aromatic rings. The summed E-state index contributed by atoms with van der Waals surface area (Å²) in [6.07, 6.45) is 1.66. The maximum atomic E-state index is 12.4. The maximum absolute atomic E-state index is 12.4. The van der Waals surface area contributed by atoms with E-state index in [0.717, 1.165) is 27.6 Å². The molecule has 1 N–H and O–H groups in total. The van der Waals surface area contributed by atoms with Crippen molar-refractivity contribution in [1.82, 2.24) is 4.98 Å². The summed E-state index contributed by atoms with van der Waals surface area (Å²) in [7, 11) is 0. The third-order valence-electron chi connectivity index (χ3n) is 4.11. The van der Waals surface area contributed by atoms with Crippen LogP contribution in [0.1, 0.15) is 37.4 Å². The monoisotopic (exact) mass is 321 g/mol. The van der Waals surface area contributed by atoms with Crippen LogP contribution < -0.4 is 0 Å². The second kappa shape index (κ2) is 6.32. The van der Waals surface area contributed by atoms with Crippen molar-refractivity contribution in [3.05, 3.63) is 70.4 Å². The van der Waals surface area contributed by atoms with Gasteiger partial charge < -0.3 is 9.72 Å². The zero-order valence-corrected chi connectivity index (χ0v) is 14.0. The Bertz CT molecular complexity index is 914. The number of nitrogens with one attached hydrogen (secondary N) is 1. The van der Waals surface area contributed by atoms with Crippen LogP contribution in [0.25, 0.3) is 10.9 Å². The third-order valence-corrected chi connectivity index (χ3v) is 4.11. The van der Waals surface area contributed by atoms with Gasteiger partial charge >= 0.3 is 5.97 Å². The topological polar surface area (TPSA) is 59.2 Å². The van der Waals surface area contributed by atoms with Crippen molar-refractivity contribution in [2.24, 2.45) is 0 Å². The summed E-state index contributed by atoms with van der Waals surface area (Å²) in [5.41, 5.74) is 4.77. The zero-order valence-electron chi connectivity index (χ0n) is 14.0. The van der Waals surface area contributed by atoms with E-state index in [-0.39, 0.29) is 12.4 Å². The predicted octanol–water partition coefficient (Wildman–Crippen LogP) is 4.13. The summed E-state index contributed by atoms with van der Waals surface area (Å²) < 4.78 is 5.26. The van der Waals surface area contributed by atoms with Crippen LogP contribution in [0.5, 0.6) is 0 Å². The third kappa shape index (κ3) is 2.95. The lowest BCUT2D eigenvalue weighted by atomic mass is 10.00. The second-order valence-electron chi connectivity index (χ2n) is 6.02. The predicted molar refractivity (Wildman–Crippen MR) is 93.6 cm³/mol. The molecule has 4 nitrogen and oxygen atoms in total. The molecule has 24 heavy (non-hydrogen) atoms. The second-order valence-corrected chi connectivity index (χ2v) is 6.02. The molecule has 4 heteroatoms. The van der Waals surface area contributed by atoms with Gasteiger partial charge in [-0.1, -0.05) is 35.9 Å². The lowest BCUT2D eigenvalue weighted by molar-refractivity contribution is 0.0473. The zero-order chi connectivity index (χ0) is 17.3. The number of ether oxygens (including phenoxy) is 1. The molecule has 0 amide bonds. The van der Waals surface area contributed by atoms with Gasteiger partial charge in [-0.05, 0) is 38.0 Å². The molecule has 0 saturated carbocycles. The minimum atomic E-state index is -0.460. The normalized spacial score (nSPS) is 10.8. The van der Waals surface area contributed by atoms with E-state index in [1.807, 2.05) is 57.2 Å². The molecule has 1 heterocycles. The molecule has 2 aromatic carbocycles. The van der Waals surface area contributed by atoms with E-state index in [1.54, 1.807) is 6.20 Å². The number of benzene rings is 2. The Balaban J connectivity index is 1.76. The number of ketones is 1. The number of rotatable bonds is 4. The summed E-state index contributed by atoms with van der Waals surface area (Å²) in [4.78, 5) is 27.8. The van der Waals surface area contributed by atoms with Gasteiger partial charge in [0.25, 0.3) is 0 Å². The highest BCUT2D eigenvalue weighted by Gasteiger charge is 2.18. The fourth-order valence-corrected chi connectivity index (χ4v) is 3.09. The quantitative estimate of drug-likeness (QED) is 0.580. The molecule has 0 aliphatic heterocycles. The van der Waals surface area contributed by atoms with Gasteiger partial charge in [0.2, 0.25) is 5.78 Å². The molecule has 122 valence electrons. The number of esters is 1. The average molecular weight is 321 g/mol. The number of aromatic amines is 1. The minimum absolute atomic E-state index is 0.219. The maximum Gasteiger partial charge on any atom is 0.339 e. The Morgan fingerprint density at radius 1 is 1.04 bits per heavy atom. The number of Topliss-reactive ketones (excluding diaryl/α,β-unsaturated/α-hetero) is 1. The number of hydrogen-bond donors (Lipinski definition) is 1. The van der Waals surface area contributed by atoms with Crippen LogP contribution in [0, 0.1) is 20.8 Å². The van der Waals surface area contributed by atoms with Crippen LogP contribution in [0.3, 0.4) is 0 Å². The van der Waals surface area contributed by atoms with Crippen LogP contribution in [0.4, 0.5) is 0 Å². The van der Waals surface area contributed by atoms with Crippen LogP contribution in [-0.4, -0.2) is 23.3 Å². The Hall–Kier alpha value is -2.88. The Kier molecular flexibility index (Phi) is 4.21. The van der Waals surface area contributed by atoms with E-state index in [9.17, 15) is 9.59 Å². The summed E-state index contributed by atoms with van der Waals surface area (Å²) in [5, 5.41) is 0.834. The number of aryl methyl sites for hydroxylation is 3. The molecule has 0 radical (unpaired) electrons. The molecule has 0 fully saturated rings. The molecule has 0 atom stereocenters. The van der Waals surface area contributed by atoms with Crippen LogP contribution in [-0.2, 0) is 4.74 Å². The van der Waals surface area contributed by atoms with E-state index in [0.29, 0.717) is 11.1 Å². The number of carbonyl (C=O) groups is 2. The highest BCUT2D eigenvalue weighted by atomic mass is 16.5. The van der Waals surface area contributed by atoms with Gasteiger partial charge in [0.15, 0.2) is 6.61 Å². The molecule has 0 unspecified atom stereocenters. The lowest BCUT2D eigenvalue weighted by Crippen LogP contribution is -2.16. The number of hydrogen-bond acceptors (Lipinski definition) is 3. The van der Waals surface area contributed by atoms with Crippen LogP contribution >= 0.6 is 0 Å². The van der Waals surface area contributed by atoms with E-state index < -0.39 is 5.97 Å². The standard InChI is InChI=1S/C20H19NO3/c1-12-8-13(2)19(14(3)9-12)20(23)24-11-18(22)16-10-21-17-7-5-4-6-15(16)17/h4-10,21H,11H2,1-3H3. The summed E-state index contributed by atoms with van der Waals surface area (Å²) in [6.45, 7) is 5.46. The van der Waals surface area contributed by atoms with Gasteiger partial charge in [0, 0.05) is 22.7 Å². The summed E-state index contributed by atoms with van der Waals surface area (Å²) in [5.74, 6) is -0.679. The molecule has 0 spiro atoms. The largest absolute Gasteiger partial charge is 0.454 e. The van der Waals surface area contributed by atoms with Gasteiger partial charge in [-0.15, -0.1) is 0 Å². The number of carbonyl (C=O) groups excluding carboxylic acids is 2. The first-order chi connectivity index (χ1) is 11.5. The first-order valence-corrected chi connectivity index (χ1v) is 7.81. The highest BCUT2D eigenvalue weighted by Crippen LogP contribution is 2.20. The number of para-hydroxylation sites is 1. The van der Waals surface area contributed by atoms with Crippen molar-refractivity contribution >= 4 is 22.7 Å². The number of fused-ring (bicyclic) bond motifs is 1.